The lowest BCUT2D eigenvalue weighted by molar-refractivity contribution is 0.00578. The van der Waals surface area contributed by atoms with Crippen molar-refractivity contribution in [3.05, 3.63) is 36.2 Å². The average molecular weight is 292 g/mol. The van der Waals surface area contributed by atoms with Crippen molar-refractivity contribution in [1.29, 1.82) is 0 Å². The quantitative estimate of drug-likeness (QED) is 0.630. The van der Waals surface area contributed by atoms with Gasteiger partial charge in [-0.1, -0.05) is 12.2 Å². The first-order chi connectivity index (χ1) is 9.77. The van der Waals surface area contributed by atoms with Crippen LogP contribution in [-0.4, -0.2) is 24.9 Å². The Bertz CT molecular complexity index is 524. The molecule has 0 amide bonds. The van der Waals surface area contributed by atoms with Gasteiger partial charge in [-0.05, 0) is 52.8 Å². The van der Waals surface area contributed by atoms with Crippen LogP contribution in [0.15, 0.2) is 30.4 Å². The molecule has 0 bridgehead atoms. The Morgan fingerprint density at radius 1 is 1.19 bits per heavy atom. The molecule has 0 aromatic heterocycles. The van der Waals surface area contributed by atoms with Crippen molar-refractivity contribution in [1.82, 2.24) is 0 Å². The van der Waals surface area contributed by atoms with Crippen LogP contribution in [0.1, 0.15) is 34.6 Å². The van der Waals surface area contributed by atoms with Gasteiger partial charge in [-0.2, -0.15) is 0 Å². The molecular formula is C16H22BFO3. The van der Waals surface area contributed by atoms with Gasteiger partial charge >= 0.3 is 7.12 Å². The van der Waals surface area contributed by atoms with Crippen molar-refractivity contribution in [2.45, 2.75) is 45.8 Å². The summed E-state index contributed by atoms with van der Waals surface area (Å²) in [5.74, 6) is 0.242. The minimum Gasteiger partial charge on any atom is -0.490 e. The molecule has 114 valence electrons. The molecular weight excluding hydrogens is 270 g/mol. The summed E-state index contributed by atoms with van der Waals surface area (Å²) in [6.45, 7) is 10.2. The first-order valence-electron chi connectivity index (χ1n) is 7.16. The average Bonchev–Trinajstić information content (AvgIpc) is 2.60. The van der Waals surface area contributed by atoms with Crippen LogP contribution < -0.4 is 10.2 Å². The minimum atomic E-state index is -0.633. The predicted molar refractivity (Wildman–Crippen MR) is 82.4 cm³/mol. The highest BCUT2D eigenvalue weighted by atomic mass is 19.1. The largest absolute Gasteiger partial charge is 0.498 e. The summed E-state index contributed by atoms with van der Waals surface area (Å²) in [4.78, 5) is 0. The first-order valence-corrected chi connectivity index (χ1v) is 7.16. The van der Waals surface area contributed by atoms with Gasteiger partial charge in [0, 0.05) is 5.46 Å². The molecule has 1 heterocycles. The van der Waals surface area contributed by atoms with Crippen molar-refractivity contribution < 1.29 is 18.4 Å². The molecule has 0 saturated carbocycles. The van der Waals surface area contributed by atoms with E-state index in [2.05, 4.69) is 0 Å². The number of rotatable bonds is 4. The fourth-order valence-corrected chi connectivity index (χ4v) is 2.04. The minimum absolute atomic E-state index is 0.335. The summed E-state index contributed by atoms with van der Waals surface area (Å²) in [7, 11) is -0.633. The lowest BCUT2D eigenvalue weighted by atomic mass is 9.78. The van der Waals surface area contributed by atoms with Crippen LogP contribution in [0.2, 0.25) is 0 Å². The standard InChI is InChI=1S/C16H22BFO3/c1-6-7-10-19-14-9-8-12(18)11-13(14)17-20-15(2,3)16(4,5)21-17/h6-9,11H,10H2,1-5H3. The SMILES string of the molecule is CC=CCOc1ccc(F)cc1B1OC(C)(C)C(C)(C)O1. The van der Waals surface area contributed by atoms with Gasteiger partial charge in [0.2, 0.25) is 0 Å². The van der Waals surface area contributed by atoms with Crippen LogP contribution in [0, 0.1) is 5.82 Å². The molecule has 0 aliphatic carbocycles. The highest BCUT2D eigenvalue weighted by Crippen LogP contribution is 2.37. The molecule has 1 saturated heterocycles. The van der Waals surface area contributed by atoms with E-state index in [1.54, 1.807) is 6.07 Å². The molecule has 0 spiro atoms. The number of allylic oxidation sites excluding steroid dienone is 1. The number of hydrogen-bond donors (Lipinski definition) is 0. The first kappa shape index (κ1) is 16.1. The highest BCUT2D eigenvalue weighted by Gasteiger charge is 2.52. The fraction of sp³-hybridized carbons (Fsp3) is 0.500. The third-order valence-electron chi connectivity index (χ3n) is 4.05. The summed E-state index contributed by atoms with van der Waals surface area (Å²) in [6.07, 6.45) is 3.79. The van der Waals surface area contributed by atoms with Crippen LogP contribution in [0.5, 0.6) is 5.75 Å². The van der Waals surface area contributed by atoms with Crippen LogP contribution in [0.3, 0.4) is 0 Å². The van der Waals surface area contributed by atoms with Crippen LogP contribution in [0.25, 0.3) is 0 Å². The van der Waals surface area contributed by atoms with Gasteiger partial charge in [-0.3, -0.25) is 0 Å². The summed E-state index contributed by atoms with van der Waals surface area (Å²) in [5, 5.41) is 0. The monoisotopic (exact) mass is 292 g/mol. The molecule has 0 radical (unpaired) electrons. The summed E-state index contributed by atoms with van der Waals surface area (Å²) < 4.78 is 31.2. The van der Waals surface area contributed by atoms with E-state index in [-0.39, 0.29) is 5.82 Å². The van der Waals surface area contributed by atoms with Gasteiger partial charge in [0.1, 0.15) is 18.2 Å². The van der Waals surface area contributed by atoms with E-state index < -0.39 is 18.3 Å². The maximum Gasteiger partial charge on any atom is 0.498 e. The maximum absolute atomic E-state index is 13.6. The Morgan fingerprint density at radius 2 is 1.81 bits per heavy atom. The van der Waals surface area contributed by atoms with Gasteiger partial charge in [-0.25, -0.2) is 4.39 Å². The normalized spacial score (nSPS) is 20.2. The van der Waals surface area contributed by atoms with Crippen molar-refractivity contribution in [3.8, 4) is 5.75 Å². The smallest absolute Gasteiger partial charge is 0.490 e. The molecule has 2 rings (SSSR count). The summed E-state index contributed by atoms with van der Waals surface area (Å²) >= 11 is 0. The Balaban J connectivity index is 2.29. The Kier molecular flexibility index (Phi) is 4.44. The lowest BCUT2D eigenvalue weighted by Crippen LogP contribution is -2.41. The van der Waals surface area contributed by atoms with Crippen molar-refractivity contribution in [3.63, 3.8) is 0 Å². The van der Waals surface area contributed by atoms with E-state index in [4.69, 9.17) is 14.0 Å². The van der Waals surface area contributed by atoms with Crippen LogP contribution in [0.4, 0.5) is 4.39 Å². The summed E-state index contributed by atoms with van der Waals surface area (Å²) in [6, 6.07) is 4.39. The molecule has 1 aromatic rings. The lowest BCUT2D eigenvalue weighted by Gasteiger charge is -2.32. The summed E-state index contributed by atoms with van der Waals surface area (Å²) in [5.41, 5.74) is -0.354. The fourth-order valence-electron chi connectivity index (χ4n) is 2.04. The second-order valence-corrected chi connectivity index (χ2v) is 6.15. The van der Waals surface area contributed by atoms with E-state index in [0.29, 0.717) is 17.8 Å². The molecule has 0 unspecified atom stereocenters. The molecule has 1 aliphatic heterocycles. The molecule has 0 atom stereocenters. The van der Waals surface area contributed by atoms with Crippen molar-refractivity contribution in [2.75, 3.05) is 6.61 Å². The zero-order valence-corrected chi connectivity index (χ0v) is 13.3. The number of halogens is 1. The van der Waals surface area contributed by atoms with Gasteiger partial charge in [0.15, 0.2) is 0 Å². The van der Waals surface area contributed by atoms with Crippen LogP contribution >= 0.6 is 0 Å². The predicted octanol–water partition coefficient (Wildman–Crippen LogP) is 3.08. The van der Waals surface area contributed by atoms with Crippen LogP contribution in [-0.2, 0) is 9.31 Å². The topological polar surface area (TPSA) is 27.7 Å². The Hall–Kier alpha value is -1.33. The number of ether oxygens (including phenoxy) is 1. The third kappa shape index (κ3) is 3.30. The maximum atomic E-state index is 13.6. The molecule has 5 heteroatoms. The van der Waals surface area contributed by atoms with Gasteiger partial charge < -0.3 is 14.0 Å². The molecule has 0 N–H and O–H groups in total. The molecule has 1 aliphatic rings. The zero-order valence-electron chi connectivity index (χ0n) is 13.3. The number of benzene rings is 1. The molecule has 3 nitrogen and oxygen atoms in total. The third-order valence-corrected chi connectivity index (χ3v) is 4.05. The zero-order chi connectivity index (χ0) is 15.7. The Morgan fingerprint density at radius 3 is 2.38 bits per heavy atom. The van der Waals surface area contributed by atoms with E-state index in [1.165, 1.54) is 12.1 Å². The van der Waals surface area contributed by atoms with Crippen molar-refractivity contribution >= 4 is 12.6 Å². The van der Waals surface area contributed by atoms with Gasteiger partial charge in [0.25, 0.3) is 0 Å². The molecule has 1 fully saturated rings. The number of hydrogen-bond acceptors (Lipinski definition) is 3. The second kappa shape index (κ2) is 5.81. The second-order valence-electron chi connectivity index (χ2n) is 6.15. The molecule has 1 aromatic carbocycles. The van der Waals surface area contributed by atoms with E-state index in [1.807, 2.05) is 46.8 Å². The van der Waals surface area contributed by atoms with Gasteiger partial charge in [-0.15, -0.1) is 0 Å². The molecule has 21 heavy (non-hydrogen) atoms. The van der Waals surface area contributed by atoms with Crippen molar-refractivity contribution in [2.24, 2.45) is 0 Å². The Labute approximate surface area is 126 Å². The van der Waals surface area contributed by atoms with E-state index in [0.717, 1.165) is 0 Å². The van der Waals surface area contributed by atoms with E-state index in [9.17, 15) is 4.39 Å². The highest BCUT2D eigenvalue weighted by molar-refractivity contribution is 6.63. The van der Waals surface area contributed by atoms with E-state index >= 15 is 0 Å². The van der Waals surface area contributed by atoms with Gasteiger partial charge in [0.05, 0.1) is 11.2 Å².